The Morgan fingerprint density at radius 2 is 1.75 bits per heavy atom. The van der Waals surface area contributed by atoms with Crippen LogP contribution < -0.4 is 0 Å². The zero-order valence-corrected chi connectivity index (χ0v) is 11.5. The van der Waals surface area contributed by atoms with Crippen molar-refractivity contribution in [2.75, 3.05) is 0 Å². The summed E-state index contributed by atoms with van der Waals surface area (Å²) >= 11 is 0. The van der Waals surface area contributed by atoms with Gasteiger partial charge in [0, 0.05) is 11.8 Å². The maximum atomic E-state index is 12.8. The molecule has 0 spiro atoms. The smallest absolute Gasteiger partial charge is 0.216 e. The molecule has 1 atom stereocenters. The van der Waals surface area contributed by atoms with Crippen molar-refractivity contribution in [3.8, 4) is 0 Å². The highest BCUT2D eigenvalue weighted by molar-refractivity contribution is 6.26. The molecule has 2 aromatic rings. The van der Waals surface area contributed by atoms with Gasteiger partial charge in [0.15, 0.2) is 5.60 Å². The average Bonchev–Trinajstić information content (AvgIpc) is 2.72. The van der Waals surface area contributed by atoms with E-state index < -0.39 is 5.60 Å². The Bertz CT molecular complexity index is 677. The molecule has 0 amide bonds. The average molecular weight is 265 g/mol. The fraction of sp³-hybridized carbons (Fsp3) is 0.176. The number of allylic oxidation sites excluding steroid dienone is 1. The van der Waals surface area contributed by atoms with E-state index in [1.165, 1.54) is 0 Å². The van der Waals surface area contributed by atoms with E-state index in [4.69, 9.17) is 4.74 Å². The molecule has 0 saturated heterocycles. The van der Waals surface area contributed by atoms with Gasteiger partial charge in [0.25, 0.3) is 0 Å². The third-order valence-corrected chi connectivity index (χ3v) is 3.62. The molecule has 0 N–H and O–H groups in total. The largest absolute Gasteiger partial charge is 0.478 e. The van der Waals surface area contributed by atoms with Gasteiger partial charge in [0.1, 0.15) is 5.76 Å². The van der Waals surface area contributed by atoms with Gasteiger partial charge in [-0.2, -0.15) is 0 Å². The molecule has 0 aliphatic carbocycles. The minimum atomic E-state index is -0.960. The number of ether oxygens (including phenoxy) is 1. The Morgan fingerprint density at radius 1 is 1.05 bits per heavy atom. The van der Waals surface area contributed by atoms with Gasteiger partial charge < -0.3 is 4.74 Å². The van der Waals surface area contributed by atoms with Crippen LogP contribution in [0.25, 0.3) is 5.57 Å². The van der Waals surface area contributed by atoms with Crippen LogP contribution in [0.2, 0.25) is 0 Å². The second-order valence-electron chi connectivity index (χ2n) is 4.98. The number of hydrogen-bond donors (Lipinski definition) is 0. The highest BCUT2D eigenvalue weighted by Crippen LogP contribution is 2.41. The number of benzene rings is 1. The first-order valence-electron chi connectivity index (χ1n) is 6.54. The fourth-order valence-electron chi connectivity index (χ4n) is 2.56. The zero-order chi connectivity index (χ0) is 14.2. The first kappa shape index (κ1) is 12.6. The van der Waals surface area contributed by atoms with Gasteiger partial charge in [-0.05, 0) is 26.0 Å². The number of carbonyl (C=O) groups is 1. The lowest BCUT2D eigenvalue weighted by molar-refractivity contribution is -0.128. The maximum Gasteiger partial charge on any atom is 0.216 e. The Hall–Kier alpha value is -2.42. The molecule has 0 fully saturated rings. The zero-order valence-electron chi connectivity index (χ0n) is 11.5. The van der Waals surface area contributed by atoms with Crippen LogP contribution >= 0.6 is 0 Å². The quantitative estimate of drug-likeness (QED) is 0.836. The molecule has 0 bridgehead atoms. The number of aromatic nitrogens is 1. The molecule has 2 heterocycles. The first-order chi connectivity index (χ1) is 9.63. The number of Topliss-reactive ketones (excluding diaryl/α,β-unsaturated/α-hetero) is 1. The monoisotopic (exact) mass is 265 g/mol. The number of hydrogen-bond acceptors (Lipinski definition) is 3. The summed E-state index contributed by atoms with van der Waals surface area (Å²) in [7, 11) is 0. The van der Waals surface area contributed by atoms with Gasteiger partial charge in [-0.1, -0.05) is 36.4 Å². The molecule has 1 unspecified atom stereocenters. The molecule has 100 valence electrons. The summed E-state index contributed by atoms with van der Waals surface area (Å²) in [5.74, 6) is 0.583. The minimum absolute atomic E-state index is 0.0418. The van der Waals surface area contributed by atoms with E-state index in [0.29, 0.717) is 17.0 Å². The molecule has 1 aromatic heterocycles. The molecular weight excluding hydrogens is 250 g/mol. The Labute approximate surface area is 117 Å². The maximum absolute atomic E-state index is 12.8. The molecular formula is C17H15NO2. The number of rotatable bonds is 2. The van der Waals surface area contributed by atoms with Gasteiger partial charge >= 0.3 is 0 Å². The fourth-order valence-corrected chi connectivity index (χ4v) is 2.56. The second kappa shape index (κ2) is 4.60. The van der Waals surface area contributed by atoms with E-state index in [9.17, 15) is 4.79 Å². The van der Waals surface area contributed by atoms with Crippen LogP contribution in [0.4, 0.5) is 0 Å². The van der Waals surface area contributed by atoms with Crippen LogP contribution in [0.3, 0.4) is 0 Å². The van der Waals surface area contributed by atoms with Crippen molar-refractivity contribution in [1.82, 2.24) is 4.98 Å². The van der Waals surface area contributed by atoms with Crippen molar-refractivity contribution in [2.24, 2.45) is 0 Å². The van der Waals surface area contributed by atoms with Gasteiger partial charge in [-0.3, -0.25) is 9.78 Å². The van der Waals surface area contributed by atoms with Crippen molar-refractivity contribution in [2.45, 2.75) is 19.4 Å². The highest BCUT2D eigenvalue weighted by atomic mass is 16.5. The van der Waals surface area contributed by atoms with E-state index >= 15 is 0 Å². The summed E-state index contributed by atoms with van der Waals surface area (Å²) in [4.78, 5) is 17.1. The number of ketones is 1. The van der Waals surface area contributed by atoms with Crippen LogP contribution in [0, 0.1) is 0 Å². The molecule has 1 aliphatic rings. The van der Waals surface area contributed by atoms with Gasteiger partial charge in [-0.25, -0.2) is 0 Å². The van der Waals surface area contributed by atoms with Crippen molar-refractivity contribution >= 4 is 11.4 Å². The molecule has 0 radical (unpaired) electrons. The summed E-state index contributed by atoms with van der Waals surface area (Å²) in [5.41, 5.74) is 1.12. The summed E-state index contributed by atoms with van der Waals surface area (Å²) in [6.45, 7) is 3.63. The normalized spacial score (nSPS) is 22.0. The van der Waals surface area contributed by atoms with E-state index in [2.05, 4.69) is 4.98 Å². The summed E-state index contributed by atoms with van der Waals surface area (Å²) in [5, 5.41) is 0. The topological polar surface area (TPSA) is 39.2 Å². The Morgan fingerprint density at radius 3 is 2.40 bits per heavy atom. The van der Waals surface area contributed by atoms with E-state index in [1.54, 1.807) is 6.20 Å². The lowest BCUT2D eigenvalue weighted by Gasteiger charge is -2.23. The Balaban J connectivity index is 2.05. The summed E-state index contributed by atoms with van der Waals surface area (Å²) in [6.07, 6.45) is 1.68. The van der Waals surface area contributed by atoms with Crippen molar-refractivity contribution < 1.29 is 9.53 Å². The summed E-state index contributed by atoms with van der Waals surface area (Å²) < 4.78 is 5.90. The third-order valence-electron chi connectivity index (χ3n) is 3.62. The molecule has 1 aliphatic heterocycles. The molecule has 20 heavy (non-hydrogen) atoms. The predicted octanol–water partition coefficient (Wildman–Crippen LogP) is 3.33. The van der Waals surface area contributed by atoms with Gasteiger partial charge in [-0.15, -0.1) is 0 Å². The lowest BCUT2D eigenvalue weighted by Crippen LogP contribution is -2.30. The minimum Gasteiger partial charge on any atom is -0.478 e. The number of carbonyl (C=O) groups excluding carboxylic acids is 1. The van der Waals surface area contributed by atoms with Crippen molar-refractivity contribution in [1.29, 1.82) is 0 Å². The van der Waals surface area contributed by atoms with Gasteiger partial charge in [0.2, 0.25) is 5.78 Å². The summed E-state index contributed by atoms with van der Waals surface area (Å²) in [6, 6.07) is 15.1. The Kier molecular flexibility index (Phi) is 2.90. The predicted molar refractivity (Wildman–Crippen MR) is 76.7 cm³/mol. The van der Waals surface area contributed by atoms with Crippen molar-refractivity contribution in [3.05, 3.63) is 71.7 Å². The molecule has 0 saturated carbocycles. The first-order valence-corrected chi connectivity index (χ1v) is 6.54. The van der Waals surface area contributed by atoms with Crippen LogP contribution in [0.5, 0.6) is 0 Å². The number of pyridine rings is 1. The van der Waals surface area contributed by atoms with E-state index in [-0.39, 0.29) is 5.78 Å². The van der Waals surface area contributed by atoms with E-state index in [0.717, 1.165) is 5.56 Å². The van der Waals surface area contributed by atoms with Crippen LogP contribution in [-0.2, 0) is 15.1 Å². The second-order valence-corrected chi connectivity index (χ2v) is 4.98. The van der Waals surface area contributed by atoms with Crippen LogP contribution in [-0.4, -0.2) is 10.8 Å². The standard InChI is InChI=1S/C17H15NO2/c1-12-15(14-10-6-7-11-18-14)16(19)17(2,20-12)13-8-4-3-5-9-13/h3-11H,1-2H3. The lowest BCUT2D eigenvalue weighted by atomic mass is 9.88. The molecule has 3 rings (SSSR count). The molecule has 3 nitrogen and oxygen atoms in total. The van der Waals surface area contributed by atoms with Crippen LogP contribution in [0.1, 0.15) is 25.1 Å². The van der Waals surface area contributed by atoms with Gasteiger partial charge in [0.05, 0.1) is 11.3 Å². The molecule has 1 aromatic carbocycles. The molecule has 3 heteroatoms. The van der Waals surface area contributed by atoms with E-state index in [1.807, 2.05) is 62.4 Å². The SMILES string of the molecule is CC1=C(c2ccccn2)C(=O)C(C)(c2ccccc2)O1. The third kappa shape index (κ3) is 1.83. The number of nitrogens with zero attached hydrogens (tertiary/aromatic N) is 1. The van der Waals surface area contributed by atoms with Crippen LogP contribution in [0.15, 0.2) is 60.5 Å². The highest BCUT2D eigenvalue weighted by Gasteiger charge is 2.46. The van der Waals surface area contributed by atoms with Crippen molar-refractivity contribution in [3.63, 3.8) is 0 Å².